The van der Waals surface area contributed by atoms with Gasteiger partial charge in [0.1, 0.15) is 0 Å². The van der Waals surface area contributed by atoms with Gasteiger partial charge in [0.2, 0.25) is 0 Å². The number of nitrogens with two attached hydrogens (primary N) is 1. The number of rotatable bonds is 1. The summed E-state index contributed by atoms with van der Waals surface area (Å²) in [6, 6.07) is 9.28. The summed E-state index contributed by atoms with van der Waals surface area (Å²) in [4.78, 5) is 15.2. The van der Waals surface area contributed by atoms with Crippen molar-refractivity contribution in [1.29, 1.82) is 0 Å². The van der Waals surface area contributed by atoms with Gasteiger partial charge in [-0.15, -0.1) is 0 Å². The Labute approximate surface area is 149 Å². The fourth-order valence-electron chi connectivity index (χ4n) is 7.44. The Morgan fingerprint density at radius 3 is 2.28 bits per heavy atom. The molecule has 132 valence electrons. The maximum Gasteiger partial charge on any atom is 0.318 e. The zero-order valence-corrected chi connectivity index (χ0v) is 14.7. The Hall–Kier alpha value is -1.55. The van der Waals surface area contributed by atoms with Crippen LogP contribution in [0.2, 0.25) is 0 Å². The lowest BCUT2D eigenvalue weighted by atomic mass is 9.51. The Balaban J connectivity index is 1.28. The first-order valence-electron chi connectivity index (χ1n) is 9.97. The number of amides is 2. The summed E-state index contributed by atoms with van der Waals surface area (Å²) >= 11 is 0. The van der Waals surface area contributed by atoms with Gasteiger partial charge in [-0.05, 0) is 73.8 Å². The van der Waals surface area contributed by atoms with E-state index in [9.17, 15) is 4.79 Å². The molecule has 3 N–H and O–H groups in total. The first-order chi connectivity index (χ1) is 12.0. The van der Waals surface area contributed by atoms with E-state index in [1.54, 1.807) is 0 Å². The van der Waals surface area contributed by atoms with Gasteiger partial charge in [-0.1, -0.05) is 24.3 Å². The molecule has 25 heavy (non-hydrogen) atoms. The van der Waals surface area contributed by atoms with Crippen molar-refractivity contribution in [2.24, 2.45) is 23.5 Å². The molecule has 4 heteroatoms. The van der Waals surface area contributed by atoms with Gasteiger partial charge in [0, 0.05) is 18.1 Å². The van der Waals surface area contributed by atoms with Crippen LogP contribution in [0.5, 0.6) is 0 Å². The van der Waals surface area contributed by atoms with Crippen LogP contribution in [0.25, 0.3) is 0 Å². The SMILES string of the molecule is NC12CC3CC(C1)C(N1CC4(Cc5ccccc5C4)NC1=O)C(C3)C2. The molecule has 2 unspecified atom stereocenters. The standard InChI is InChI=1S/C21H27N3O/c22-20-7-13-5-16(8-20)18(17(6-13)9-20)24-12-21(23-19(24)25)10-14-3-1-2-4-15(14)11-21/h1-4,13,16-18H,5-12,22H2,(H,23,25). The number of carbonyl (C=O) groups is 1. The summed E-state index contributed by atoms with van der Waals surface area (Å²) < 4.78 is 0. The molecule has 1 aliphatic heterocycles. The molecule has 1 aromatic carbocycles. The highest BCUT2D eigenvalue weighted by molar-refractivity contribution is 5.79. The first-order valence-corrected chi connectivity index (χ1v) is 9.97. The average Bonchev–Trinajstić information content (AvgIpc) is 3.04. The second kappa shape index (κ2) is 4.59. The van der Waals surface area contributed by atoms with E-state index in [2.05, 4.69) is 34.5 Å². The highest BCUT2D eigenvalue weighted by Crippen LogP contribution is 2.56. The van der Waals surface area contributed by atoms with Gasteiger partial charge in [0.15, 0.2) is 0 Å². The number of carbonyl (C=O) groups excluding carboxylic acids is 1. The Morgan fingerprint density at radius 1 is 1.04 bits per heavy atom. The van der Waals surface area contributed by atoms with E-state index in [0.717, 1.165) is 38.1 Å². The molecule has 0 aromatic heterocycles. The molecular formula is C21H27N3O. The van der Waals surface area contributed by atoms with Gasteiger partial charge in [0.25, 0.3) is 0 Å². The predicted molar refractivity (Wildman–Crippen MR) is 96.1 cm³/mol. The number of urea groups is 1. The third kappa shape index (κ3) is 2.00. The third-order valence-corrected chi connectivity index (χ3v) is 7.91. The number of benzene rings is 1. The van der Waals surface area contributed by atoms with Crippen LogP contribution in [0.1, 0.15) is 43.2 Å². The number of hydrogen-bond donors (Lipinski definition) is 2. The van der Waals surface area contributed by atoms with Crippen molar-refractivity contribution in [2.45, 2.75) is 62.1 Å². The molecule has 1 saturated heterocycles. The van der Waals surface area contributed by atoms with Crippen molar-refractivity contribution in [2.75, 3.05) is 6.54 Å². The maximum atomic E-state index is 13.0. The van der Waals surface area contributed by atoms with E-state index in [-0.39, 0.29) is 17.1 Å². The molecule has 5 aliphatic carbocycles. The number of nitrogens with one attached hydrogen (secondary N) is 1. The fraction of sp³-hybridized carbons (Fsp3) is 0.667. The minimum absolute atomic E-state index is 0.0736. The fourth-order valence-corrected chi connectivity index (χ4v) is 7.44. The van der Waals surface area contributed by atoms with Crippen LogP contribution < -0.4 is 11.1 Å². The lowest BCUT2D eigenvalue weighted by Gasteiger charge is -2.60. The van der Waals surface area contributed by atoms with E-state index in [1.807, 2.05) is 0 Å². The van der Waals surface area contributed by atoms with Crippen LogP contribution in [0, 0.1) is 17.8 Å². The molecule has 6 aliphatic rings. The van der Waals surface area contributed by atoms with E-state index in [1.165, 1.54) is 30.4 Å². The molecule has 1 spiro atoms. The minimum atomic E-state index is -0.0736. The summed E-state index contributed by atoms with van der Waals surface area (Å²) in [5.74, 6) is 2.07. The van der Waals surface area contributed by atoms with E-state index >= 15 is 0 Å². The molecular weight excluding hydrogens is 310 g/mol. The Bertz CT molecular complexity index is 718. The largest absolute Gasteiger partial charge is 0.330 e. The first kappa shape index (κ1) is 14.6. The van der Waals surface area contributed by atoms with Crippen molar-refractivity contribution in [1.82, 2.24) is 10.2 Å². The Kier molecular flexibility index (Phi) is 2.68. The van der Waals surface area contributed by atoms with Crippen LogP contribution in [0.4, 0.5) is 4.79 Å². The van der Waals surface area contributed by atoms with Crippen LogP contribution in [0.3, 0.4) is 0 Å². The van der Waals surface area contributed by atoms with Gasteiger partial charge < -0.3 is 16.0 Å². The summed E-state index contributed by atoms with van der Waals surface area (Å²) in [6.07, 6.45) is 8.02. The normalized spacial score (nSPS) is 42.9. The monoisotopic (exact) mass is 337 g/mol. The molecule has 4 saturated carbocycles. The van der Waals surface area contributed by atoms with Gasteiger partial charge in [-0.3, -0.25) is 0 Å². The van der Waals surface area contributed by atoms with Crippen LogP contribution >= 0.6 is 0 Å². The topological polar surface area (TPSA) is 58.4 Å². The number of fused-ring (bicyclic) bond motifs is 1. The number of nitrogens with zero attached hydrogens (tertiary/aromatic N) is 1. The second-order valence-electron chi connectivity index (χ2n) is 9.78. The summed E-state index contributed by atoms with van der Waals surface area (Å²) in [5.41, 5.74) is 9.50. The summed E-state index contributed by atoms with van der Waals surface area (Å²) in [6.45, 7) is 0.875. The molecule has 4 nitrogen and oxygen atoms in total. The van der Waals surface area contributed by atoms with Crippen LogP contribution in [0.15, 0.2) is 24.3 Å². The average molecular weight is 337 g/mol. The number of hydrogen-bond acceptors (Lipinski definition) is 2. The lowest BCUT2D eigenvalue weighted by molar-refractivity contribution is -0.0610. The van der Waals surface area contributed by atoms with Gasteiger partial charge >= 0.3 is 6.03 Å². The van der Waals surface area contributed by atoms with Crippen molar-refractivity contribution in [3.05, 3.63) is 35.4 Å². The van der Waals surface area contributed by atoms with Crippen LogP contribution in [-0.4, -0.2) is 34.6 Å². The quantitative estimate of drug-likeness (QED) is 0.827. The summed E-state index contributed by atoms with van der Waals surface area (Å²) in [5, 5.41) is 3.40. The zero-order valence-electron chi connectivity index (χ0n) is 14.7. The third-order valence-electron chi connectivity index (χ3n) is 7.91. The van der Waals surface area contributed by atoms with E-state index < -0.39 is 0 Å². The molecule has 0 radical (unpaired) electrons. The smallest absolute Gasteiger partial charge is 0.318 e. The van der Waals surface area contributed by atoms with E-state index in [0.29, 0.717) is 17.9 Å². The van der Waals surface area contributed by atoms with E-state index in [4.69, 9.17) is 5.73 Å². The molecule has 7 rings (SSSR count). The van der Waals surface area contributed by atoms with Gasteiger partial charge in [-0.2, -0.15) is 0 Å². The van der Waals surface area contributed by atoms with Crippen molar-refractivity contribution < 1.29 is 4.79 Å². The van der Waals surface area contributed by atoms with Crippen LogP contribution in [-0.2, 0) is 12.8 Å². The molecule has 2 amide bonds. The minimum Gasteiger partial charge on any atom is -0.330 e. The van der Waals surface area contributed by atoms with Gasteiger partial charge in [0.05, 0.1) is 5.54 Å². The molecule has 1 heterocycles. The highest BCUT2D eigenvalue weighted by atomic mass is 16.2. The lowest BCUT2D eigenvalue weighted by Crippen LogP contribution is -2.65. The van der Waals surface area contributed by atoms with Crippen molar-refractivity contribution in [3.8, 4) is 0 Å². The molecule has 2 atom stereocenters. The molecule has 4 bridgehead atoms. The molecule has 5 fully saturated rings. The van der Waals surface area contributed by atoms with Crippen molar-refractivity contribution >= 4 is 6.03 Å². The summed E-state index contributed by atoms with van der Waals surface area (Å²) in [7, 11) is 0. The highest BCUT2D eigenvalue weighted by Gasteiger charge is 2.58. The predicted octanol–water partition coefficient (Wildman–Crippen LogP) is 2.46. The molecule has 1 aromatic rings. The zero-order chi connectivity index (χ0) is 16.8. The van der Waals surface area contributed by atoms with Gasteiger partial charge in [-0.25, -0.2) is 4.79 Å². The maximum absolute atomic E-state index is 13.0. The Morgan fingerprint density at radius 2 is 1.68 bits per heavy atom. The second-order valence-corrected chi connectivity index (χ2v) is 9.78. The van der Waals surface area contributed by atoms with Crippen molar-refractivity contribution in [3.63, 3.8) is 0 Å².